The van der Waals surface area contributed by atoms with E-state index in [-0.39, 0.29) is 11.4 Å². The molecule has 0 N–H and O–H groups in total. The molecule has 2 aromatic rings. The van der Waals surface area contributed by atoms with Gasteiger partial charge in [0.25, 0.3) is 6.08 Å². The van der Waals surface area contributed by atoms with Crippen LogP contribution in [-0.4, -0.2) is 0 Å². The van der Waals surface area contributed by atoms with E-state index in [1.807, 2.05) is 0 Å². The third-order valence-electron chi connectivity index (χ3n) is 2.60. The molecule has 0 saturated heterocycles. The molecule has 2 aromatic carbocycles. The van der Waals surface area contributed by atoms with Crippen LogP contribution in [0.25, 0.3) is 11.6 Å². The van der Waals surface area contributed by atoms with Gasteiger partial charge in [-0.15, -0.1) is 0 Å². The minimum atomic E-state index is -1.75. The summed E-state index contributed by atoms with van der Waals surface area (Å²) in [5.74, 6) is -0.354. The number of benzene rings is 2. The summed E-state index contributed by atoms with van der Waals surface area (Å²) >= 11 is 0. The molecule has 0 aliphatic heterocycles. The highest BCUT2D eigenvalue weighted by Crippen LogP contribution is 2.23. The summed E-state index contributed by atoms with van der Waals surface area (Å²) in [6.45, 7) is 0. The van der Waals surface area contributed by atoms with Crippen molar-refractivity contribution in [3.8, 4) is 0 Å². The molecular formula is C16H11F3. The van der Waals surface area contributed by atoms with Crippen LogP contribution in [0.1, 0.15) is 11.1 Å². The first kappa shape index (κ1) is 13.1. The zero-order chi connectivity index (χ0) is 13.7. The van der Waals surface area contributed by atoms with E-state index in [1.165, 1.54) is 36.4 Å². The second kappa shape index (κ2) is 6.05. The van der Waals surface area contributed by atoms with Crippen molar-refractivity contribution in [1.82, 2.24) is 0 Å². The number of hydrogen-bond donors (Lipinski definition) is 0. The number of allylic oxidation sites excluding steroid dienone is 2. The minimum Gasteiger partial charge on any atom is -0.207 e. The molecule has 2 rings (SSSR count). The average molecular weight is 260 g/mol. The van der Waals surface area contributed by atoms with Crippen molar-refractivity contribution in [2.75, 3.05) is 0 Å². The topological polar surface area (TPSA) is 0 Å². The Kier molecular flexibility index (Phi) is 4.18. The smallest absolute Gasteiger partial charge is 0.207 e. The van der Waals surface area contributed by atoms with Crippen LogP contribution >= 0.6 is 0 Å². The highest BCUT2D eigenvalue weighted by atomic mass is 19.3. The maximum atomic E-state index is 12.9. The Morgan fingerprint density at radius 3 is 2.05 bits per heavy atom. The predicted molar refractivity (Wildman–Crippen MR) is 71.0 cm³/mol. The maximum absolute atomic E-state index is 12.9. The molecule has 0 fully saturated rings. The standard InChI is InChI=1S/C16H11F3/c17-14-9-6-12(7-10-14)8-11-15(16(18)19)13-4-2-1-3-5-13/h1-11H/b11-8+. The van der Waals surface area contributed by atoms with Gasteiger partial charge in [-0.1, -0.05) is 48.5 Å². The molecule has 3 heteroatoms. The molecule has 96 valence electrons. The predicted octanol–water partition coefficient (Wildman–Crippen LogP) is 5.15. The Morgan fingerprint density at radius 2 is 1.47 bits per heavy atom. The van der Waals surface area contributed by atoms with Gasteiger partial charge in [-0.05, 0) is 29.3 Å². The third-order valence-corrected chi connectivity index (χ3v) is 2.60. The zero-order valence-electron chi connectivity index (χ0n) is 9.98. The van der Waals surface area contributed by atoms with Crippen molar-refractivity contribution in [2.45, 2.75) is 0 Å². The fourth-order valence-electron chi connectivity index (χ4n) is 1.64. The SMILES string of the molecule is FC(F)=C(/C=C/c1ccc(F)cc1)c1ccccc1. The molecule has 0 bridgehead atoms. The van der Waals surface area contributed by atoms with E-state index in [4.69, 9.17) is 0 Å². The highest BCUT2D eigenvalue weighted by Gasteiger charge is 2.05. The van der Waals surface area contributed by atoms with E-state index in [0.29, 0.717) is 11.1 Å². The van der Waals surface area contributed by atoms with E-state index in [0.717, 1.165) is 0 Å². The van der Waals surface area contributed by atoms with E-state index in [2.05, 4.69) is 0 Å². The molecule has 0 saturated carbocycles. The maximum Gasteiger partial charge on any atom is 0.278 e. The molecule has 0 atom stereocenters. The van der Waals surface area contributed by atoms with Crippen molar-refractivity contribution >= 4 is 11.6 Å². The van der Waals surface area contributed by atoms with Gasteiger partial charge in [0.15, 0.2) is 0 Å². The van der Waals surface area contributed by atoms with Crippen LogP contribution in [0.15, 0.2) is 66.8 Å². The summed E-state index contributed by atoms with van der Waals surface area (Å²) in [6, 6.07) is 14.0. The highest BCUT2D eigenvalue weighted by molar-refractivity contribution is 5.79. The molecule has 0 aliphatic carbocycles. The summed E-state index contributed by atoms with van der Waals surface area (Å²) in [5.41, 5.74) is 0.974. The Balaban J connectivity index is 2.29. The molecule has 0 radical (unpaired) electrons. The summed E-state index contributed by atoms with van der Waals surface area (Å²) in [5, 5.41) is 0. The Bertz CT molecular complexity index is 592. The van der Waals surface area contributed by atoms with E-state index < -0.39 is 6.08 Å². The van der Waals surface area contributed by atoms with Crippen LogP contribution in [0.4, 0.5) is 13.2 Å². The quantitative estimate of drug-likeness (QED) is 0.670. The van der Waals surface area contributed by atoms with Gasteiger partial charge < -0.3 is 0 Å². The van der Waals surface area contributed by atoms with Crippen LogP contribution in [0, 0.1) is 5.82 Å². The summed E-state index contributed by atoms with van der Waals surface area (Å²) < 4.78 is 38.6. The Morgan fingerprint density at radius 1 is 0.842 bits per heavy atom. The molecule has 19 heavy (non-hydrogen) atoms. The normalized spacial score (nSPS) is 10.7. The number of hydrogen-bond acceptors (Lipinski definition) is 0. The van der Waals surface area contributed by atoms with Crippen molar-refractivity contribution in [2.24, 2.45) is 0 Å². The monoisotopic (exact) mass is 260 g/mol. The molecule has 0 nitrogen and oxygen atoms in total. The first-order chi connectivity index (χ1) is 9.16. The van der Waals surface area contributed by atoms with E-state index >= 15 is 0 Å². The van der Waals surface area contributed by atoms with Crippen LogP contribution in [0.2, 0.25) is 0 Å². The van der Waals surface area contributed by atoms with Crippen LogP contribution < -0.4 is 0 Å². The molecule has 0 spiro atoms. The van der Waals surface area contributed by atoms with Gasteiger partial charge in [0.2, 0.25) is 0 Å². The van der Waals surface area contributed by atoms with Crippen LogP contribution in [-0.2, 0) is 0 Å². The van der Waals surface area contributed by atoms with E-state index in [1.54, 1.807) is 30.3 Å². The summed E-state index contributed by atoms with van der Waals surface area (Å²) in [6.07, 6.45) is 1.11. The van der Waals surface area contributed by atoms with Crippen molar-refractivity contribution in [3.63, 3.8) is 0 Å². The molecule has 0 amide bonds. The minimum absolute atomic E-state index is 0.134. The lowest BCUT2D eigenvalue weighted by Crippen LogP contribution is -1.82. The summed E-state index contributed by atoms with van der Waals surface area (Å²) in [7, 11) is 0. The fourth-order valence-corrected chi connectivity index (χ4v) is 1.64. The average Bonchev–Trinajstić information content (AvgIpc) is 2.42. The van der Waals surface area contributed by atoms with Gasteiger partial charge in [0, 0.05) is 5.57 Å². The lowest BCUT2D eigenvalue weighted by molar-refractivity contribution is 0.426. The largest absolute Gasteiger partial charge is 0.278 e. The van der Waals surface area contributed by atoms with E-state index in [9.17, 15) is 13.2 Å². The first-order valence-corrected chi connectivity index (χ1v) is 5.71. The van der Waals surface area contributed by atoms with Gasteiger partial charge in [-0.3, -0.25) is 0 Å². The van der Waals surface area contributed by atoms with Gasteiger partial charge >= 0.3 is 0 Å². The van der Waals surface area contributed by atoms with Crippen molar-refractivity contribution in [1.29, 1.82) is 0 Å². The fraction of sp³-hybridized carbons (Fsp3) is 0. The van der Waals surface area contributed by atoms with Gasteiger partial charge in [0.05, 0.1) is 0 Å². The second-order valence-corrected chi connectivity index (χ2v) is 3.92. The second-order valence-electron chi connectivity index (χ2n) is 3.92. The Hall–Kier alpha value is -2.29. The molecule has 0 heterocycles. The number of halogens is 3. The van der Waals surface area contributed by atoms with Crippen molar-refractivity contribution in [3.05, 3.63) is 83.7 Å². The lowest BCUT2D eigenvalue weighted by atomic mass is 10.1. The lowest BCUT2D eigenvalue weighted by Gasteiger charge is -2.01. The number of rotatable bonds is 3. The first-order valence-electron chi connectivity index (χ1n) is 5.71. The Labute approximate surface area is 109 Å². The third kappa shape index (κ3) is 3.58. The molecule has 0 unspecified atom stereocenters. The summed E-state index contributed by atoms with van der Waals surface area (Å²) in [4.78, 5) is 0. The van der Waals surface area contributed by atoms with Crippen molar-refractivity contribution < 1.29 is 13.2 Å². The van der Waals surface area contributed by atoms with Crippen LogP contribution in [0.3, 0.4) is 0 Å². The molecule has 0 aliphatic rings. The molecular weight excluding hydrogens is 249 g/mol. The zero-order valence-corrected chi connectivity index (χ0v) is 9.98. The van der Waals surface area contributed by atoms with Gasteiger partial charge in [-0.2, -0.15) is 8.78 Å². The van der Waals surface area contributed by atoms with Crippen LogP contribution in [0.5, 0.6) is 0 Å². The molecule has 0 aromatic heterocycles. The van der Waals surface area contributed by atoms with Gasteiger partial charge in [0.1, 0.15) is 5.82 Å². The van der Waals surface area contributed by atoms with Gasteiger partial charge in [-0.25, -0.2) is 4.39 Å².